The van der Waals surface area contributed by atoms with Gasteiger partial charge >= 0.3 is 5.97 Å². The summed E-state index contributed by atoms with van der Waals surface area (Å²) in [5.74, 6) is -0.867. The van der Waals surface area contributed by atoms with Crippen molar-refractivity contribution in [3.63, 3.8) is 0 Å². The van der Waals surface area contributed by atoms with Gasteiger partial charge < -0.3 is 15.7 Å². The number of carboxylic acid groups (broad SMARTS) is 1. The van der Waals surface area contributed by atoms with Crippen LogP contribution >= 0.6 is 0 Å². The maximum atomic E-state index is 12.6. The Balaban J connectivity index is 1.71. The molecule has 134 valence electrons. The maximum Gasteiger partial charge on any atom is 0.329 e. The number of nitrogens with one attached hydrogen (secondary N) is 2. The molecule has 2 aliphatic carbocycles. The minimum absolute atomic E-state index is 0.0270. The molecule has 0 heterocycles. The molecule has 0 radical (unpaired) electrons. The van der Waals surface area contributed by atoms with Crippen LogP contribution in [0, 0.1) is 11.8 Å². The van der Waals surface area contributed by atoms with Crippen molar-refractivity contribution >= 4 is 23.5 Å². The molecule has 2 aliphatic rings. The quantitative estimate of drug-likeness (QED) is 0.765. The summed E-state index contributed by atoms with van der Waals surface area (Å²) in [5, 5.41) is 15.2. The topological polar surface area (TPSA) is 95.5 Å². The van der Waals surface area contributed by atoms with E-state index in [9.17, 15) is 19.5 Å². The highest BCUT2D eigenvalue weighted by molar-refractivity contribution is 6.00. The largest absolute Gasteiger partial charge is 0.480 e. The Morgan fingerprint density at radius 3 is 2.40 bits per heavy atom. The molecule has 6 nitrogen and oxygen atoms in total. The van der Waals surface area contributed by atoms with Gasteiger partial charge in [0.25, 0.3) is 5.91 Å². The van der Waals surface area contributed by atoms with Crippen LogP contribution in [-0.2, 0) is 9.59 Å². The number of carbonyl (C=O) groups is 3. The van der Waals surface area contributed by atoms with E-state index in [1.165, 1.54) is 0 Å². The predicted octanol–water partition coefficient (Wildman–Crippen LogP) is 2.80. The Morgan fingerprint density at radius 2 is 1.80 bits per heavy atom. The van der Waals surface area contributed by atoms with Crippen molar-refractivity contribution in [3.8, 4) is 0 Å². The molecule has 0 unspecified atom stereocenters. The van der Waals surface area contributed by atoms with E-state index in [1.54, 1.807) is 24.3 Å². The van der Waals surface area contributed by atoms with E-state index in [-0.39, 0.29) is 11.8 Å². The molecule has 0 spiro atoms. The van der Waals surface area contributed by atoms with Gasteiger partial charge in [-0.3, -0.25) is 9.59 Å². The fraction of sp³-hybridized carbons (Fsp3) is 0.526. The normalized spacial score (nSPS) is 25.9. The van der Waals surface area contributed by atoms with Crippen LogP contribution in [0.3, 0.4) is 0 Å². The molecule has 3 N–H and O–H groups in total. The second kappa shape index (κ2) is 6.86. The van der Waals surface area contributed by atoms with Gasteiger partial charge in [0.15, 0.2) is 0 Å². The number of rotatable bonds is 5. The molecular formula is C19H24N2O4. The van der Waals surface area contributed by atoms with E-state index in [0.717, 1.165) is 25.7 Å². The number of amides is 2. The summed E-state index contributed by atoms with van der Waals surface area (Å²) in [5.41, 5.74) is -0.282. The first-order valence-electron chi connectivity index (χ1n) is 8.86. The average molecular weight is 344 g/mol. The second-order valence-corrected chi connectivity index (χ2v) is 7.37. The molecule has 0 atom stereocenters. The van der Waals surface area contributed by atoms with Crippen LogP contribution < -0.4 is 10.6 Å². The minimum atomic E-state index is -1.20. The van der Waals surface area contributed by atoms with Crippen molar-refractivity contribution < 1.29 is 19.5 Å². The summed E-state index contributed by atoms with van der Waals surface area (Å²) in [7, 11) is 0. The van der Waals surface area contributed by atoms with E-state index >= 15 is 0 Å². The molecule has 3 rings (SSSR count). The van der Waals surface area contributed by atoms with Gasteiger partial charge in [-0.05, 0) is 62.6 Å². The molecule has 25 heavy (non-hydrogen) atoms. The minimum Gasteiger partial charge on any atom is -0.480 e. The fourth-order valence-corrected chi connectivity index (χ4v) is 3.26. The van der Waals surface area contributed by atoms with E-state index in [1.807, 2.05) is 0 Å². The van der Waals surface area contributed by atoms with Crippen LogP contribution in [0.2, 0.25) is 0 Å². The molecule has 0 aliphatic heterocycles. The second-order valence-electron chi connectivity index (χ2n) is 7.37. The predicted molar refractivity (Wildman–Crippen MR) is 93.3 cm³/mol. The molecular weight excluding hydrogens is 320 g/mol. The van der Waals surface area contributed by atoms with Crippen molar-refractivity contribution in [2.45, 2.75) is 51.0 Å². The lowest BCUT2D eigenvalue weighted by molar-refractivity contribution is -0.146. The van der Waals surface area contributed by atoms with Gasteiger partial charge in [-0.1, -0.05) is 13.0 Å². The van der Waals surface area contributed by atoms with Gasteiger partial charge in [-0.2, -0.15) is 0 Å². The third-order valence-electron chi connectivity index (χ3n) is 5.23. The van der Waals surface area contributed by atoms with Gasteiger partial charge in [0.2, 0.25) is 5.91 Å². The molecule has 0 bridgehead atoms. The molecule has 6 heteroatoms. The van der Waals surface area contributed by atoms with Crippen molar-refractivity contribution in [2.75, 3.05) is 5.32 Å². The number of carboxylic acids is 1. The number of anilines is 1. The van der Waals surface area contributed by atoms with Crippen LogP contribution in [0.4, 0.5) is 5.69 Å². The van der Waals surface area contributed by atoms with Crippen molar-refractivity contribution in [3.05, 3.63) is 29.8 Å². The maximum absolute atomic E-state index is 12.6. The van der Waals surface area contributed by atoms with E-state index in [0.29, 0.717) is 30.0 Å². The van der Waals surface area contributed by atoms with Gasteiger partial charge in [0.05, 0.1) is 0 Å². The summed E-state index contributed by atoms with van der Waals surface area (Å²) in [6.45, 7) is 2.10. The first-order chi connectivity index (χ1) is 11.9. The highest BCUT2D eigenvalue weighted by Crippen LogP contribution is 2.33. The highest BCUT2D eigenvalue weighted by atomic mass is 16.4. The van der Waals surface area contributed by atoms with Crippen molar-refractivity contribution in [2.24, 2.45) is 11.8 Å². The lowest BCUT2D eigenvalue weighted by atomic mass is 9.77. The first kappa shape index (κ1) is 17.5. The van der Waals surface area contributed by atoms with Gasteiger partial charge in [0.1, 0.15) is 5.54 Å². The number of carbonyl (C=O) groups excluding carboxylic acids is 2. The number of aliphatic carboxylic acids is 1. The van der Waals surface area contributed by atoms with Gasteiger partial charge in [0, 0.05) is 17.2 Å². The lowest BCUT2D eigenvalue weighted by Crippen LogP contribution is -2.56. The van der Waals surface area contributed by atoms with Crippen molar-refractivity contribution in [1.29, 1.82) is 0 Å². The summed E-state index contributed by atoms with van der Waals surface area (Å²) >= 11 is 0. The lowest BCUT2D eigenvalue weighted by Gasteiger charge is -2.36. The Kier molecular flexibility index (Phi) is 4.79. The third-order valence-corrected chi connectivity index (χ3v) is 5.23. The monoisotopic (exact) mass is 344 g/mol. The Bertz CT molecular complexity index is 688. The van der Waals surface area contributed by atoms with Crippen LogP contribution in [0.5, 0.6) is 0 Å². The van der Waals surface area contributed by atoms with E-state index in [2.05, 4.69) is 17.6 Å². The Morgan fingerprint density at radius 1 is 1.12 bits per heavy atom. The molecule has 1 aromatic rings. The van der Waals surface area contributed by atoms with Crippen LogP contribution in [0.25, 0.3) is 0 Å². The third kappa shape index (κ3) is 4.00. The van der Waals surface area contributed by atoms with Gasteiger partial charge in [-0.15, -0.1) is 0 Å². The summed E-state index contributed by atoms with van der Waals surface area (Å²) in [6.07, 6.45) is 4.26. The van der Waals surface area contributed by atoms with Crippen LogP contribution in [0.1, 0.15) is 55.8 Å². The fourth-order valence-electron chi connectivity index (χ4n) is 3.26. The average Bonchev–Trinajstić information content (AvgIpc) is 3.42. The number of benzene rings is 1. The highest BCUT2D eigenvalue weighted by Gasteiger charge is 2.42. The zero-order valence-corrected chi connectivity index (χ0v) is 14.4. The first-order valence-corrected chi connectivity index (χ1v) is 8.86. The van der Waals surface area contributed by atoms with Crippen LogP contribution in [0.15, 0.2) is 24.3 Å². The summed E-state index contributed by atoms with van der Waals surface area (Å²) in [4.78, 5) is 36.2. The van der Waals surface area contributed by atoms with E-state index < -0.39 is 17.4 Å². The zero-order valence-electron chi connectivity index (χ0n) is 14.4. The number of hydrogen-bond acceptors (Lipinski definition) is 3. The van der Waals surface area contributed by atoms with Crippen molar-refractivity contribution in [1.82, 2.24) is 5.32 Å². The summed E-state index contributed by atoms with van der Waals surface area (Å²) in [6, 6.07) is 6.64. The SMILES string of the molecule is CC1CCC(NC(=O)c2cccc(NC(=O)C3CC3)c2)(C(=O)O)CC1. The standard InChI is InChI=1S/C19H24N2O4/c1-12-7-9-19(10-8-12,18(24)25)21-17(23)14-3-2-4-15(11-14)20-16(22)13-5-6-13/h2-4,11-13H,5-10H2,1H3,(H,20,22)(H,21,23)(H,24,25). The number of hydrogen-bond donors (Lipinski definition) is 3. The molecule has 2 amide bonds. The molecule has 2 saturated carbocycles. The smallest absolute Gasteiger partial charge is 0.329 e. The Hall–Kier alpha value is -2.37. The zero-order chi connectivity index (χ0) is 18.0. The molecule has 0 aromatic heterocycles. The molecule has 1 aromatic carbocycles. The molecule has 0 saturated heterocycles. The summed E-state index contributed by atoms with van der Waals surface area (Å²) < 4.78 is 0. The molecule has 2 fully saturated rings. The van der Waals surface area contributed by atoms with Crippen LogP contribution in [-0.4, -0.2) is 28.4 Å². The van der Waals surface area contributed by atoms with E-state index in [4.69, 9.17) is 0 Å². The van der Waals surface area contributed by atoms with Gasteiger partial charge in [-0.25, -0.2) is 4.79 Å². The Labute approximate surface area is 147 Å².